The van der Waals surface area contributed by atoms with Crippen LogP contribution in [0.4, 0.5) is 5.69 Å². The lowest BCUT2D eigenvalue weighted by Gasteiger charge is -2.13. The second kappa shape index (κ2) is 6.51. The molecule has 0 fully saturated rings. The van der Waals surface area contributed by atoms with Gasteiger partial charge in [-0.1, -0.05) is 31.5 Å². The van der Waals surface area contributed by atoms with E-state index in [1.165, 1.54) is 18.2 Å². The van der Waals surface area contributed by atoms with Crippen LogP contribution in [0.25, 0.3) is 0 Å². The molecule has 0 atom stereocenters. The number of rotatable bonds is 4. The van der Waals surface area contributed by atoms with Crippen molar-refractivity contribution in [1.82, 2.24) is 0 Å². The number of ether oxygens (including phenoxy) is 1. The van der Waals surface area contributed by atoms with Crippen LogP contribution in [0, 0.1) is 12.8 Å². The summed E-state index contributed by atoms with van der Waals surface area (Å²) < 4.78 is 5.19. The van der Waals surface area contributed by atoms with Crippen LogP contribution < -0.4 is 4.90 Å². The molecule has 25 heavy (non-hydrogen) atoms. The third-order valence-corrected chi connectivity index (χ3v) is 3.96. The summed E-state index contributed by atoms with van der Waals surface area (Å²) in [6, 6.07) is 11.6. The summed E-state index contributed by atoms with van der Waals surface area (Å²) >= 11 is 0. The Morgan fingerprint density at radius 2 is 1.64 bits per heavy atom. The fourth-order valence-electron chi connectivity index (χ4n) is 2.62. The summed E-state index contributed by atoms with van der Waals surface area (Å²) in [6.45, 7) is 6.12. The van der Waals surface area contributed by atoms with Gasteiger partial charge in [0.1, 0.15) is 0 Å². The van der Waals surface area contributed by atoms with Crippen LogP contribution in [0.15, 0.2) is 42.5 Å². The Labute approximate surface area is 146 Å². The number of imide groups is 1. The lowest BCUT2D eigenvalue weighted by molar-refractivity contribution is 0.0458. The van der Waals surface area contributed by atoms with Crippen LogP contribution in [-0.4, -0.2) is 24.4 Å². The largest absolute Gasteiger partial charge is 0.462 e. The smallest absolute Gasteiger partial charge is 0.338 e. The van der Waals surface area contributed by atoms with Crippen molar-refractivity contribution in [3.05, 3.63) is 64.7 Å². The van der Waals surface area contributed by atoms with Crippen LogP contribution in [-0.2, 0) is 4.74 Å². The molecular formula is C20H19NO4. The van der Waals surface area contributed by atoms with Gasteiger partial charge in [-0.2, -0.15) is 0 Å². The highest BCUT2D eigenvalue weighted by atomic mass is 16.5. The minimum absolute atomic E-state index is 0.221. The van der Waals surface area contributed by atoms with Crippen molar-refractivity contribution in [2.45, 2.75) is 20.8 Å². The van der Waals surface area contributed by atoms with E-state index in [0.29, 0.717) is 17.9 Å². The zero-order valence-corrected chi connectivity index (χ0v) is 14.4. The van der Waals surface area contributed by atoms with Gasteiger partial charge in [0.25, 0.3) is 11.8 Å². The lowest BCUT2D eigenvalue weighted by Crippen LogP contribution is -2.29. The molecule has 0 spiro atoms. The molecule has 5 heteroatoms. The molecule has 0 saturated heterocycles. The molecule has 2 amide bonds. The van der Waals surface area contributed by atoms with E-state index in [1.54, 1.807) is 12.1 Å². The quantitative estimate of drug-likeness (QED) is 0.631. The molecule has 2 aromatic carbocycles. The predicted octanol–water partition coefficient (Wildman–Crippen LogP) is 3.61. The summed E-state index contributed by atoms with van der Waals surface area (Å²) in [7, 11) is 0. The number of hydrogen-bond donors (Lipinski definition) is 0. The number of esters is 1. The minimum Gasteiger partial charge on any atom is -0.462 e. The van der Waals surface area contributed by atoms with Gasteiger partial charge in [0, 0.05) is 0 Å². The molecule has 0 aromatic heterocycles. The first-order chi connectivity index (χ1) is 11.9. The molecule has 0 radical (unpaired) electrons. The van der Waals surface area contributed by atoms with E-state index in [1.807, 2.05) is 32.9 Å². The van der Waals surface area contributed by atoms with E-state index >= 15 is 0 Å². The van der Waals surface area contributed by atoms with Gasteiger partial charge in [0.2, 0.25) is 0 Å². The summed E-state index contributed by atoms with van der Waals surface area (Å²) in [5, 5.41) is 0. The van der Waals surface area contributed by atoms with Crippen molar-refractivity contribution in [3.8, 4) is 0 Å². The van der Waals surface area contributed by atoms with Crippen molar-refractivity contribution < 1.29 is 19.1 Å². The number of anilines is 1. The van der Waals surface area contributed by atoms with Crippen LogP contribution in [0.5, 0.6) is 0 Å². The molecule has 0 saturated carbocycles. The highest BCUT2D eigenvalue weighted by Crippen LogP contribution is 2.29. The highest BCUT2D eigenvalue weighted by molar-refractivity contribution is 6.34. The standard InChI is InChI=1S/C20H19NO4/c1-12(2)11-25-20(24)14-6-9-16-17(10-14)19(23)21(18(16)22)15-7-4-13(3)5-8-15/h4-10,12H,11H2,1-3H3. The number of aryl methyl sites for hydroxylation is 1. The van der Waals surface area contributed by atoms with Gasteiger partial charge in [-0.25, -0.2) is 9.69 Å². The van der Waals surface area contributed by atoms with Gasteiger partial charge in [-0.05, 0) is 43.2 Å². The Morgan fingerprint density at radius 3 is 2.28 bits per heavy atom. The Kier molecular flexibility index (Phi) is 4.40. The third kappa shape index (κ3) is 3.18. The van der Waals surface area contributed by atoms with E-state index < -0.39 is 11.9 Å². The molecule has 1 aliphatic heterocycles. The van der Waals surface area contributed by atoms with Crippen molar-refractivity contribution in [2.24, 2.45) is 5.92 Å². The van der Waals surface area contributed by atoms with Gasteiger partial charge < -0.3 is 4.74 Å². The van der Waals surface area contributed by atoms with Crippen LogP contribution >= 0.6 is 0 Å². The van der Waals surface area contributed by atoms with Crippen molar-refractivity contribution >= 4 is 23.5 Å². The zero-order chi connectivity index (χ0) is 18.1. The average molecular weight is 337 g/mol. The average Bonchev–Trinajstić information content (AvgIpc) is 2.84. The first-order valence-electron chi connectivity index (χ1n) is 8.15. The van der Waals surface area contributed by atoms with E-state index in [9.17, 15) is 14.4 Å². The molecule has 1 aliphatic rings. The van der Waals surface area contributed by atoms with Gasteiger partial charge >= 0.3 is 5.97 Å². The molecule has 0 N–H and O–H groups in total. The maximum atomic E-state index is 12.7. The van der Waals surface area contributed by atoms with Gasteiger partial charge in [0.05, 0.1) is 29.0 Å². The molecule has 2 aromatic rings. The zero-order valence-electron chi connectivity index (χ0n) is 14.4. The molecule has 3 rings (SSSR count). The van der Waals surface area contributed by atoms with Gasteiger partial charge in [0.15, 0.2) is 0 Å². The molecule has 0 bridgehead atoms. The summed E-state index contributed by atoms with van der Waals surface area (Å²) in [5.41, 5.74) is 2.35. The van der Waals surface area contributed by atoms with Gasteiger partial charge in [-0.3, -0.25) is 9.59 Å². The topological polar surface area (TPSA) is 63.7 Å². The number of amides is 2. The van der Waals surface area contributed by atoms with Crippen LogP contribution in [0.3, 0.4) is 0 Å². The predicted molar refractivity (Wildman–Crippen MR) is 93.9 cm³/mol. The SMILES string of the molecule is Cc1ccc(N2C(=O)c3ccc(C(=O)OCC(C)C)cc3C2=O)cc1. The van der Waals surface area contributed by atoms with Gasteiger partial charge in [-0.15, -0.1) is 0 Å². The molecule has 5 nitrogen and oxygen atoms in total. The summed E-state index contributed by atoms with van der Waals surface area (Å²) in [4.78, 5) is 38.5. The third-order valence-electron chi connectivity index (χ3n) is 3.96. The fourth-order valence-corrected chi connectivity index (χ4v) is 2.62. The lowest BCUT2D eigenvalue weighted by atomic mass is 10.1. The molecule has 1 heterocycles. The number of hydrogen-bond acceptors (Lipinski definition) is 4. The first kappa shape index (κ1) is 16.9. The number of nitrogens with zero attached hydrogens (tertiary/aromatic N) is 1. The Morgan fingerprint density at radius 1 is 1.00 bits per heavy atom. The first-order valence-corrected chi connectivity index (χ1v) is 8.15. The highest BCUT2D eigenvalue weighted by Gasteiger charge is 2.37. The van der Waals surface area contributed by atoms with Crippen molar-refractivity contribution in [3.63, 3.8) is 0 Å². The van der Waals surface area contributed by atoms with E-state index in [2.05, 4.69) is 0 Å². The molecular weight excluding hydrogens is 318 g/mol. The van der Waals surface area contributed by atoms with E-state index in [0.717, 1.165) is 10.5 Å². The summed E-state index contributed by atoms with van der Waals surface area (Å²) in [5.74, 6) is -1.09. The Balaban J connectivity index is 1.90. The normalized spacial score (nSPS) is 13.4. The molecule has 0 aliphatic carbocycles. The second-order valence-electron chi connectivity index (χ2n) is 6.53. The molecule has 128 valence electrons. The monoisotopic (exact) mass is 337 g/mol. The summed E-state index contributed by atoms with van der Waals surface area (Å²) in [6.07, 6.45) is 0. The van der Waals surface area contributed by atoms with E-state index in [-0.39, 0.29) is 23.0 Å². The van der Waals surface area contributed by atoms with Crippen molar-refractivity contribution in [2.75, 3.05) is 11.5 Å². The maximum absolute atomic E-state index is 12.7. The maximum Gasteiger partial charge on any atom is 0.338 e. The number of carbonyl (C=O) groups excluding carboxylic acids is 3. The molecule has 0 unspecified atom stereocenters. The number of carbonyl (C=O) groups is 3. The van der Waals surface area contributed by atoms with Crippen LogP contribution in [0.2, 0.25) is 0 Å². The van der Waals surface area contributed by atoms with Crippen molar-refractivity contribution in [1.29, 1.82) is 0 Å². The number of fused-ring (bicyclic) bond motifs is 1. The minimum atomic E-state index is -0.495. The second-order valence-corrected chi connectivity index (χ2v) is 6.53. The number of benzene rings is 2. The van der Waals surface area contributed by atoms with Crippen LogP contribution in [0.1, 0.15) is 50.5 Å². The fraction of sp³-hybridized carbons (Fsp3) is 0.250. The van der Waals surface area contributed by atoms with E-state index in [4.69, 9.17) is 4.74 Å². The Hall–Kier alpha value is -2.95. The Bertz CT molecular complexity index is 852.